The number of rotatable bonds is 5. The average Bonchev–Trinajstić information content (AvgIpc) is 2.76. The van der Waals surface area contributed by atoms with Crippen LogP contribution in [0.1, 0.15) is 11.5 Å². The third-order valence-corrected chi connectivity index (χ3v) is 4.96. The minimum Gasteiger partial charge on any atom is -0.464 e. The number of anilines is 1. The van der Waals surface area contributed by atoms with Crippen LogP contribution < -0.4 is 10.0 Å². The van der Waals surface area contributed by atoms with Crippen LogP contribution in [0, 0.1) is 6.92 Å². The summed E-state index contributed by atoms with van der Waals surface area (Å²) in [6.45, 7) is 2.05. The number of benzene rings is 1. The smallest absolute Gasteiger partial charge is 0.265 e. The lowest BCUT2D eigenvalue weighted by Gasteiger charge is -2.07. The van der Waals surface area contributed by atoms with Crippen molar-refractivity contribution in [2.45, 2.75) is 18.4 Å². The fourth-order valence-corrected chi connectivity index (χ4v) is 3.37. The highest BCUT2D eigenvalue weighted by Crippen LogP contribution is 2.28. The molecule has 0 aliphatic carbocycles. The SMILES string of the molecule is CNCc1cc(S(=O)(=O)Nc2ccc(Cl)c(Cl)c2)c(C)o1. The van der Waals surface area contributed by atoms with Crippen LogP contribution in [-0.2, 0) is 16.6 Å². The van der Waals surface area contributed by atoms with E-state index in [2.05, 4.69) is 10.0 Å². The summed E-state index contributed by atoms with van der Waals surface area (Å²) in [5.41, 5.74) is 0.333. The lowest BCUT2D eigenvalue weighted by molar-refractivity contribution is 0.466. The summed E-state index contributed by atoms with van der Waals surface area (Å²) in [5.74, 6) is 0.873. The van der Waals surface area contributed by atoms with E-state index in [4.69, 9.17) is 27.6 Å². The summed E-state index contributed by atoms with van der Waals surface area (Å²) in [5, 5.41) is 3.53. The van der Waals surface area contributed by atoms with Crippen LogP contribution in [0.15, 0.2) is 33.6 Å². The van der Waals surface area contributed by atoms with Crippen molar-refractivity contribution >= 4 is 38.9 Å². The van der Waals surface area contributed by atoms with Gasteiger partial charge < -0.3 is 9.73 Å². The molecule has 0 fully saturated rings. The number of halogens is 2. The molecule has 0 saturated carbocycles. The number of hydrogen-bond acceptors (Lipinski definition) is 4. The molecule has 8 heteroatoms. The van der Waals surface area contributed by atoms with Gasteiger partial charge in [-0.05, 0) is 32.2 Å². The van der Waals surface area contributed by atoms with Gasteiger partial charge in [0.25, 0.3) is 10.0 Å². The number of aryl methyl sites for hydroxylation is 1. The molecule has 0 atom stereocenters. The molecule has 1 aromatic heterocycles. The van der Waals surface area contributed by atoms with E-state index >= 15 is 0 Å². The summed E-state index contributed by atoms with van der Waals surface area (Å²) >= 11 is 11.7. The Kier molecular flexibility index (Phi) is 4.83. The van der Waals surface area contributed by atoms with Gasteiger partial charge in [0.2, 0.25) is 0 Å². The summed E-state index contributed by atoms with van der Waals surface area (Å²) in [7, 11) is -1.99. The first-order valence-electron chi connectivity index (χ1n) is 6.05. The molecular weight excluding hydrogens is 335 g/mol. The number of hydrogen-bond donors (Lipinski definition) is 2. The maximum atomic E-state index is 12.4. The van der Waals surface area contributed by atoms with Crippen LogP contribution in [0.3, 0.4) is 0 Å². The molecule has 21 heavy (non-hydrogen) atoms. The second-order valence-electron chi connectivity index (χ2n) is 4.40. The van der Waals surface area contributed by atoms with Crippen LogP contribution in [-0.4, -0.2) is 15.5 Å². The molecule has 0 aliphatic heterocycles. The van der Waals surface area contributed by atoms with Gasteiger partial charge in [0.1, 0.15) is 16.4 Å². The van der Waals surface area contributed by atoms with Crippen molar-refractivity contribution in [2.75, 3.05) is 11.8 Å². The van der Waals surface area contributed by atoms with Gasteiger partial charge in [-0.25, -0.2) is 8.42 Å². The predicted molar refractivity (Wildman–Crippen MR) is 83.5 cm³/mol. The normalized spacial score (nSPS) is 11.6. The molecular formula is C13H14Cl2N2O3S. The Morgan fingerprint density at radius 1 is 1.19 bits per heavy atom. The van der Waals surface area contributed by atoms with Gasteiger partial charge in [-0.3, -0.25) is 4.72 Å². The topological polar surface area (TPSA) is 71.3 Å². The van der Waals surface area contributed by atoms with E-state index in [0.717, 1.165) is 0 Å². The van der Waals surface area contributed by atoms with Crippen molar-refractivity contribution < 1.29 is 12.8 Å². The third-order valence-electron chi connectivity index (χ3n) is 2.74. The Labute approximate surface area is 133 Å². The van der Waals surface area contributed by atoms with E-state index in [1.807, 2.05) is 0 Å². The van der Waals surface area contributed by atoms with Gasteiger partial charge in [0.15, 0.2) is 0 Å². The summed E-state index contributed by atoms with van der Waals surface area (Å²) in [4.78, 5) is 0.0961. The van der Waals surface area contributed by atoms with Crippen LogP contribution in [0.2, 0.25) is 10.0 Å². The summed E-state index contributed by atoms with van der Waals surface area (Å²) in [6.07, 6.45) is 0. The van der Waals surface area contributed by atoms with Crippen LogP contribution in [0.25, 0.3) is 0 Å². The van der Waals surface area contributed by atoms with Crippen molar-refractivity contribution in [1.82, 2.24) is 5.32 Å². The first kappa shape index (κ1) is 16.2. The molecule has 0 unspecified atom stereocenters. The highest BCUT2D eigenvalue weighted by molar-refractivity contribution is 7.92. The lowest BCUT2D eigenvalue weighted by Crippen LogP contribution is -2.13. The summed E-state index contributed by atoms with van der Waals surface area (Å²) < 4.78 is 32.6. The van der Waals surface area contributed by atoms with Crippen molar-refractivity contribution in [2.24, 2.45) is 0 Å². The van der Waals surface area contributed by atoms with Crippen LogP contribution in [0.4, 0.5) is 5.69 Å². The average molecular weight is 349 g/mol. The minimum atomic E-state index is -3.74. The lowest BCUT2D eigenvalue weighted by atomic mass is 10.3. The molecule has 114 valence electrons. The zero-order valence-corrected chi connectivity index (χ0v) is 13.7. The molecule has 0 radical (unpaired) electrons. The summed E-state index contributed by atoms with van der Waals surface area (Å²) in [6, 6.07) is 6.00. The first-order valence-corrected chi connectivity index (χ1v) is 8.29. The Morgan fingerprint density at radius 2 is 1.90 bits per heavy atom. The minimum absolute atomic E-state index is 0.0961. The molecule has 0 amide bonds. The molecule has 2 N–H and O–H groups in total. The van der Waals surface area contributed by atoms with Gasteiger partial charge in [-0.15, -0.1) is 0 Å². The highest BCUT2D eigenvalue weighted by atomic mass is 35.5. The van der Waals surface area contributed by atoms with Crippen molar-refractivity contribution in [3.05, 3.63) is 45.8 Å². The Bertz CT molecular complexity index is 757. The molecule has 0 saturated heterocycles. The fraction of sp³-hybridized carbons (Fsp3) is 0.231. The van der Waals surface area contributed by atoms with Gasteiger partial charge in [-0.1, -0.05) is 23.2 Å². The molecule has 2 aromatic rings. The van der Waals surface area contributed by atoms with Gasteiger partial charge in [0.05, 0.1) is 22.3 Å². The van der Waals surface area contributed by atoms with Gasteiger partial charge in [0, 0.05) is 6.07 Å². The largest absolute Gasteiger partial charge is 0.464 e. The third kappa shape index (κ3) is 3.71. The van der Waals surface area contributed by atoms with E-state index in [1.54, 1.807) is 14.0 Å². The Balaban J connectivity index is 2.31. The maximum absolute atomic E-state index is 12.4. The second kappa shape index (κ2) is 6.27. The van der Waals surface area contributed by atoms with Crippen molar-refractivity contribution in [1.29, 1.82) is 0 Å². The van der Waals surface area contributed by atoms with E-state index in [0.29, 0.717) is 28.8 Å². The van der Waals surface area contributed by atoms with Gasteiger partial charge >= 0.3 is 0 Å². The Hall–Kier alpha value is -1.21. The molecule has 5 nitrogen and oxygen atoms in total. The molecule has 2 rings (SSSR count). The van der Waals surface area contributed by atoms with Crippen molar-refractivity contribution in [3.8, 4) is 0 Å². The van der Waals surface area contributed by atoms with Gasteiger partial charge in [-0.2, -0.15) is 0 Å². The monoisotopic (exact) mass is 348 g/mol. The van der Waals surface area contributed by atoms with Crippen molar-refractivity contribution in [3.63, 3.8) is 0 Å². The second-order valence-corrected chi connectivity index (χ2v) is 6.86. The van der Waals surface area contributed by atoms with E-state index in [-0.39, 0.29) is 9.92 Å². The number of nitrogens with one attached hydrogen (secondary N) is 2. The standard InChI is InChI=1S/C13H14Cl2N2O3S/c1-8-13(6-10(20-8)7-16-2)21(18,19)17-9-3-4-11(14)12(15)5-9/h3-6,16-17H,7H2,1-2H3. The molecule has 0 spiro atoms. The Morgan fingerprint density at radius 3 is 2.52 bits per heavy atom. The fourth-order valence-electron chi connectivity index (χ4n) is 1.82. The zero-order valence-electron chi connectivity index (χ0n) is 11.4. The predicted octanol–water partition coefficient (Wildman–Crippen LogP) is 3.42. The number of sulfonamides is 1. The van der Waals surface area contributed by atoms with E-state index in [9.17, 15) is 8.42 Å². The maximum Gasteiger partial charge on any atom is 0.265 e. The molecule has 1 heterocycles. The van der Waals surface area contributed by atoms with Crippen LogP contribution >= 0.6 is 23.2 Å². The first-order chi connectivity index (χ1) is 9.83. The highest BCUT2D eigenvalue weighted by Gasteiger charge is 2.21. The molecule has 0 bridgehead atoms. The van der Waals surface area contributed by atoms with E-state index < -0.39 is 10.0 Å². The van der Waals surface area contributed by atoms with E-state index in [1.165, 1.54) is 24.3 Å². The molecule has 1 aromatic carbocycles. The quantitative estimate of drug-likeness (QED) is 0.868. The number of furan rings is 1. The molecule has 0 aliphatic rings. The zero-order chi connectivity index (χ0) is 15.6. The van der Waals surface area contributed by atoms with Crippen LogP contribution in [0.5, 0.6) is 0 Å².